The standard InChI is InChI=1S/C3H8N6/c4-1-8-3(7)9-2(5)6/h3,8H,7H2,(H4,5,6,9). The number of guanidine groups is 1. The molecule has 6 nitrogen and oxygen atoms in total. The van der Waals surface area contributed by atoms with Gasteiger partial charge < -0.3 is 11.1 Å². The Morgan fingerprint density at radius 1 is 1.78 bits per heavy atom. The first-order valence-electron chi connectivity index (χ1n) is 2.17. The molecule has 0 fully saturated rings. The zero-order valence-corrected chi connectivity index (χ0v) is 4.68. The van der Waals surface area contributed by atoms with Crippen molar-refractivity contribution in [2.24, 2.45) is 11.5 Å². The molecule has 6 heteroatoms. The number of nitrogens with one attached hydrogen (secondary N) is 3. The Balaban J connectivity index is 3.40. The fraction of sp³-hybridized carbons (Fsp3) is 0.333. The summed E-state index contributed by atoms with van der Waals surface area (Å²) < 4.78 is 0. The molecule has 7 N–H and O–H groups in total. The highest BCUT2D eigenvalue weighted by atomic mass is 15.3. The largest absolute Gasteiger partial charge is 0.370 e. The summed E-state index contributed by atoms with van der Waals surface area (Å²) in [4.78, 5) is 0. The van der Waals surface area contributed by atoms with Gasteiger partial charge in [0, 0.05) is 0 Å². The van der Waals surface area contributed by atoms with E-state index in [0.29, 0.717) is 0 Å². The lowest BCUT2D eigenvalue weighted by atomic mass is 10.8. The molecule has 50 valence electrons. The van der Waals surface area contributed by atoms with E-state index in [4.69, 9.17) is 22.1 Å². The van der Waals surface area contributed by atoms with E-state index in [2.05, 4.69) is 10.6 Å². The Bertz CT molecular complexity index is 134. The molecule has 0 bridgehead atoms. The number of nitrogens with zero attached hydrogens (tertiary/aromatic N) is 1. The van der Waals surface area contributed by atoms with Crippen molar-refractivity contribution in [3.05, 3.63) is 0 Å². The van der Waals surface area contributed by atoms with Crippen molar-refractivity contribution in [3.8, 4) is 6.19 Å². The minimum Gasteiger partial charge on any atom is -0.370 e. The molecule has 0 spiro atoms. The highest BCUT2D eigenvalue weighted by Crippen LogP contribution is 1.57. The van der Waals surface area contributed by atoms with Crippen molar-refractivity contribution in [1.82, 2.24) is 10.6 Å². The third-order valence-corrected chi connectivity index (χ3v) is 0.531. The van der Waals surface area contributed by atoms with Crippen LogP contribution in [0.3, 0.4) is 0 Å². The van der Waals surface area contributed by atoms with Gasteiger partial charge in [-0.25, -0.2) is 0 Å². The van der Waals surface area contributed by atoms with E-state index in [9.17, 15) is 0 Å². The summed E-state index contributed by atoms with van der Waals surface area (Å²) in [7, 11) is 0. The van der Waals surface area contributed by atoms with Gasteiger partial charge in [0.1, 0.15) is 0 Å². The molecule has 0 aromatic heterocycles. The minimum absolute atomic E-state index is 0.273. The summed E-state index contributed by atoms with van der Waals surface area (Å²) in [6, 6.07) is 0. The molecule has 0 rings (SSSR count). The lowest BCUT2D eigenvalue weighted by Gasteiger charge is -2.09. The summed E-state index contributed by atoms with van der Waals surface area (Å²) in [5.74, 6) is -0.273. The molecule has 0 saturated heterocycles. The van der Waals surface area contributed by atoms with E-state index in [0.717, 1.165) is 0 Å². The van der Waals surface area contributed by atoms with Gasteiger partial charge in [-0.1, -0.05) is 0 Å². The molecule has 1 atom stereocenters. The topological polar surface area (TPSA) is 124 Å². The number of nitriles is 1. The van der Waals surface area contributed by atoms with E-state index in [1.54, 1.807) is 6.19 Å². The van der Waals surface area contributed by atoms with E-state index < -0.39 is 6.29 Å². The van der Waals surface area contributed by atoms with Crippen molar-refractivity contribution >= 4 is 5.96 Å². The van der Waals surface area contributed by atoms with E-state index >= 15 is 0 Å². The Morgan fingerprint density at radius 3 is 2.67 bits per heavy atom. The molecule has 0 heterocycles. The quantitative estimate of drug-likeness (QED) is 0.0947. The van der Waals surface area contributed by atoms with Gasteiger partial charge in [-0.15, -0.1) is 0 Å². The monoisotopic (exact) mass is 128 g/mol. The van der Waals surface area contributed by atoms with Crippen molar-refractivity contribution in [3.63, 3.8) is 0 Å². The summed E-state index contributed by atoms with van der Waals surface area (Å²) in [6.07, 6.45) is 0.812. The van der Waals surface area contributed by atoms with Crippen LogP contribution in [-0.2, 0) is 0 Å². The Labute approximate surface area is 52.3 Å². The second-order valence-corrected chi connectivity index (χ2v) is 1.29. The van der Waals surface area contributed by atoms with Gasteiger partial charge in [0.15, 0.2) is 18.4 Å². The van der Waals surface area contributed by atoms with Crippen LogP contribution in [0.25, 0.3) is 0 Å². The molecule has 9 heavy (non-hydrogen) atoms. The number of hydrogen-bond acceptors (Lipinski definition) is 4. The van der Waals surface area contributed by atoms with E-state index in [1.165, 1.54) is 0 Å². The van der Waals surface area contributed by atoms with Crippen LogP contribution in [0.5, 0.6) is 0 Å². The van der Waals surface area contributed by atoms with Crippen LogP contribution >= 0.6 is 0 Å². The van der Waals surface area contributed by atoms with Gasteiger partial charge in [-0.05, 0) is 0 Å². The lowest BCUT2D eigenvalue weighted by Crippen LogP contribution is -2.52. The van der Waals surface area contributed by atoms with Crippen molar-refractivity contribution < 1.29 is 0 Å². The molecule has 0 aliphatic carbocycles. The van der Waals surface area contributed by atoms with Gasteiger partial charge in [-0.3, -0.25) is 16.5 Å². The molecule has 0 radical (unpaired) electrons. The maximum Gasteiger partial charge on any atom is 0.188 e. The van der Waals surface area contributed by atoms with Crippen molar-refractivity contribution in [1.29, 1.82) is 10.7 Å². The van der Waals surface area contributed by atoms with Crippen molar-refractivity contribution in [2.45, 2.75) is 6.29 Å². The molecular weight excluding hydrogens is 120 g/mol. The van der Waals surface area contributed by atoms with Crippen LogP contribution in [0.15, 0.2) is 0 Å². The van der Waals surface area contributed by atoms with Crippen LogP contribution < -0.4 is 22.1 Å². The van der Waals surface area contributed by atoms with Crippen LogP contribution in [0.2, 0.25) is 0 Å². The predicted octanol–water partition coefficient (Wildman–Crippen LogP) is -2.22. The van der Waals surface area contributed by atoms with Crippen LogP contribution in [0.4, 0.5) is 0 Å². The van der Waals surface area contributed by atoms with Gasteiger partial charge >= 0.3 is 0 Å². The zero-order valence-electron chi connectivity index (χ0n) is 4.68. The molecule has 0 amide bonds. The molecule has 0 aromatic carbocycles. The van der Waals surface area contributed by atoms with Crippen LogP contribution in [-0.4, -0.2) is 12.2 Å². The first-order valence-corrected chi connectivity index (χ1v) is 2.17. The van der Waals surface area contributed by atoms with Gasteiger partial charge in [0.25, 0.3) is 0 Å². The first kappa shape index (κ1) is 7.52. The maximum atomic E-state index is 7.96. The normalized spacial score (nSPS) is 11.1. The predicted molar refractivity (Wildman–Crippen MR) is 31.8 cm³/mol. The zero-order chi connectivity index (χ0) is 7.28. The van der Waals surface area contributed by atoms with Gasteiger partial charge in [0.2, 0.25) is 0 Å². The summed E-state index contributed by atoms with van der Waals surface area (Å²) >= 11 is 0. The Kier molecular flexibility index (Phi) is 2.94. The first-order chi connectivity index (χ1) is 4.16. The van der Waals surface area contributed by atoms with Crippen LogP contribution in [0, 0.1) is 16.9 Å². The minimum atomic E-state index is -0.771. The summed E-state index contributed by atoms with van der Waals surface area (Å²) in [6.45, 7) is 0. The summed E-state index contributed by atoms with van der Waals surface area (Å²) in [5.41, 5.74) is 9.99. The second-order valence-electron chi connectivity index (χ2n) is 1.29. The van der Waals surface area contributed by atoms with Crippen molar-refractivity contribution in [2.75, 3.05) is 0 Å². The molecular formula is C3H8N6. The molecule has 0 aliphatic rings. The average Bonchev–Trinajstić information content (AvgIpc) is 1.63. The number of hydrogen-bond donors (Lipinski definition) is 5. The lowest BCUT2D eigenvalue weighted by molar-refractivity contribution is 0.579. The third kappa shape index (κ3) is 4.37. The molecule has 0 aromatic rings. The third-order valence-electron chi connectivity index (χ3n) is 0.531. The van der Waals surface area contributed by atoms with Gasteiger partial charge in [-0.2, -0.15) is 5.26 Å². The average molecular weight is 128 g/mol. The highest BCUT2D eigenvalue weighted by Gasteiger charge is 1.96. The Hall–Kier alpha value is -1.48. The fourth-order valence-electron chi connectivity index (χ4n) is 0.273. The SMILES string of the molecule is N#CNC(N)NC(=N)N. The highest BCUT2D eigenvalue weighted by molar-refractivity contribution is 5.74. The van der Waals surface area contributed by atoms with E-state index in [-0.39, 0.29) is 5.96 Å². The van der Waals surface area contributed by atoms with Crippen LogP contribution in [0.1, 0.15) is 0 Å². The maximum absolute atomic E-state index is 7.96. The molecule has 0 saturated carbocycles. The smallest absolute Gasteiger partial charge is 0.188 e. The molecule has 1 unspecified atom stereocenters. The van der Waals surface area contributed by atoms with E-state index in [1.807, 2.05) is 0 Å². The Morgan fingerprint density at radius 2 is 2.33 bits per heavy atom. The molecule has 0 aliphatic heterocycles. The van der Waals surface area contributed by atoms with Gasteiger partial charge in [0.05, 0.1) is 0 Å². The fourth-order valence-corrected chi connectivity index (χ4v) is 0.273. The summed E-state index contributed by atoms with van der Waals surface area (Å²) in [5, 5.41) is 19.0. The number of nitrogens with two attached hydrogens (primary N) is 2. The second kappa shape index (κ2) is 3.51. The number of rotatable bonds is 2.